The third-order valence-electron chi connectivity index (χ3n) is 2.37. The standard InChI is InChI=1S/C12H17BrN2O2/c1-9(2)15(4-5-17-3)12(16)10-6-11(13)8-14-7-10/h6-9H,4-5H2,1-3H3. The normalized spacial score (nSPS) is 10.6. The first-order chi connectivity index (χ1) is 8.06. The molecule has 0 aliphatic carbocycles. The molecule has 1 rings (SSSR count). The number of hydrogen-bond donors (Lipinski definition) is 0. The van der Waals surface area contributed by atoms with Gasteiger partial charge in [-0.05, 0) is 35.8 Å². The fourth-order valence-corrected chi connectivity index (χ4v) is 1.84. The largest absolute Gasteiger partial charge is 0.383 e. The van der Waals surface area contributed by atoms with E-state index in [0.29, 0.717) is 18.7 Å². The molecule has 17 heavy (non-hydrogen) atoms. The van der Waals surface area contributed by atoms with Crippen LogP contribution < -0.4 is 0 Å². The highest BCUT2D eigenvalue weighted by Crippen LogP contribution is 2.13. The van der Waals surface area contributed by atoms with Crippen molar-refractivity contribution in [2.75, 3.05) is 20.3 Å². The van der Waals surface area contributed by atoms with Crippen LogP contribution in [0.25, 0.3) is 0 Å². The van der Waals surface area contributed by atoms with E-state index < -0.39 is 0 Å². The number of hydrogen-bond acceptors (Lipinski definition) is 3. The highest BCUT2D eigenvalue weighted by atomic mass is 79.9. The summed E-state index contributed by atoms with van der Waals surface area (Å²) in [6.45, 7) is 5.09. The van der Waals surface area contributed by atoms with Gasteiger partial charge >= 0.3 is 0 Å². The molecule has 0 bridgehead atoms. The molecule has 5 heteroatoms. The average molecular weight is 301 g/mol. The Kier molecular flexibility index (Phi) is 5.58. The minimum Gasteiger partial charge on any atom is -0.383 e. The molecule has 1 aromatic heterocycles. The zero-order chi connectivity index (χ0) is 12.8. The van der Waals surface area contributed by atoms with Crippen molar-refractivity contribution >= 4 is 21.8 Å². The summed E-state index contributed by atoms with van der Waals surface area (Å²) < 4.78 is 5.82. The molecule has 0 saturated heterocycles. The average Bonchev–Trinajstić information content (AvgIpc) is 2.29. The van der Waals surface area contributed by atoms with Crippen LogP contribution in [0.4, 0.5) is 0 Å². The zero-order valence-corrected chi connectivity index (χ0v) is 11.9. The lowest BCUT2D eigenvalue weighted by molar-refractivity contribution is 0.0634. The molecule has 0 unspecified atom stereocenters. The summed E-state index contributed by atoms with van der Waals surface area (Å²) in [5.74, 6) is -0.0224. The SMILES string of the molecule is COCCN(C(=O)c1cncc(Br)c1)C(C)C. The van der Waals surface area contributed by atoms with Crippen molar-refractivity contribution in [2.24, 2.45) is 0 Å². The molecule has 0 aromatic carbocycles. The van der Waals surface area contributed by atoms with Gasteiger partial charge in [0, 0.05) is 36.6 Å². The van der Waals surface area contributed by atoms with E-state index in [1.165, 1.54) is 0 Å². The number of pyridine rings is 1. The van der Waals surface area contributed by atoms with Gasteiger partial charge in [-0.1, -0.05) is 0 Å². The molecule has 4 nitrogen and oxygen atoms in total. The fourth-order valence-electron chi connectivity index (χ4n) is 1.48. The maximum Gasteiger partial charge on any atom is 0.255 e. The molecule has 1 heterocycles. The maximum atomic E-state index is 12.3. The Morgan fingerprint density at radius 1 is 1.53 bits per heavy atom. The van der Waals surface area contributed by atoms with Crippen LogP contribution in [-0.2, 0) is 4.74 Å². The molecule has 0 aliphatic rings. The Morgan fingerprint density at radius 3 is 2.76 bits per heavy atom. The van der Waals surface area contributed by atoms with Crippen molar-refractivity contribution in [1.29, 1.82) is 0 Å². The number of methoxy groups -OCH3 is 1. The van der Waals surface area contributed by atoms with Gasteiger partial charge in [0.05, 0.1) is 12.2 Å². The van der Waals surface area contributed by atoms with E-state index in [-0.39, 0.29) is 11.9 Å². The summed E-state index contributed by atoms with van der Waals surface area (Å²) in [4.78, 5) is 18.0. The van der Waals surface area contributed by atoms with Crippen molar-refractivity contribution in [1.82, 2.24) is 9.88 Å². The summed E-state index contributed by atoms with van der Waals surface area (Å²) in [6, 6.07) is 1.91. The van der Waals surface area contributed by atoms with Gasteiger partial charge in [0.2, 0.25) is 0 Å². The Hall–Kier alpha value is -0.940. The molecule has 0 saturated carbocycles. The number of halogens is 1. The number of carbonyl (C=O) groups excluding carboxylic acids is 1. The van der Waals surface area contributed by atoms with Crippen LogP contribution in [0.5, 0.6) is 0 Å². The topological polar surface area (TPSA) is 42.4 Å². The van der Waals surface area contributed by atoms with Gasteiger partial charge in [-0.3, -0.25) is 9.78 Å². The zero-order valence-electron chi connectivity index (χ0n) is 10.3. The minimum absolute atomic E-state index is 0.0224. The summed E-state index contributed by atoms with van der Waals surface area (Å²) in [5.41, 5.74) is 0.587. The number of aromatic nitrogens is 1. The molecule has 94 valence electrons. The van der Waals surface area contributed by atoms with Crippen molar-refractivity contribution in [3.05, 3.63) is 28.5 Å². The van der Waals surface area contributed by atoms with Crippen LogP contribution >= 0.6 is 15.9 Å². The van der Waals surface area contributed by atoms with Crippen molar-refractivity contribution in [2.45, 2.75) is 19.9 Å². The van der Waals surface area contributed by atoms with Crippen LogP contribution in [0.3, 0.4) is 0 Å². The van der Waals surface area contributed by atoms with E-state index >= 15 is 0 Å². The second kappa shape index (κ2) is 6.71. The second-order valence-electron chi connectivity index (χ2n) is 3.98. The van der Waals surface area contributed by atoms with Crippen molar-refractivity contribution in [3.8, 4) is 0 Å². The predicted molar refractivity (Wildman–Crippen MR) is 70.0 cm³/mol. The Labute approximate surface area is 110 Å². The van der Waals surface area contributed by atoms with Gasteiger partial charge < -0.3 is 9.64 Å². The summed E-state index contributed by atoms with van der Waals surface area (Å²) >= 11 is 3.31. The molecule has 0 aliphatic heterocycles. The van der Waals surface area contributed by atoms with E-state index in [4.69, 9.17) is 4.74 Å². The first-order valence-electron chi connectivity index (χ1n) is 5.46. The van der Waals surface area contributed by atoms with E-state index in [1.54, 1.807) is 30.5 Å². The van der Waals surface area contributed by atoms with Crippen LogP contribution in [0.1, 0.15) is 24.2 Å². The smallest absolute Gasteiger partial charge is 0.255 e. The van der Waals surface area contributed by atoms with E-state index in [1.807, 2.05) is 13.8 Å². The number of ether oxygens (including phenoxy) is 1. The van der Waals surface area contributed by atoms with E-state index in [0.717, 1.165) is 4.47 Å². The van der Waals surface area contributed by atoms with Crippen LogP contribution in [0.15, 0.2) is 22.9 Å². The quantitative estimate of drug-likeness (QED) is 0.838. The second-order valence-corrected chi connectivity index (χ2v) is 4.89. The number of carbonyl (C=O) groups is 1. The first-order valence-corrected chi connectivity index (χ1v) is 6.26. The molecule has 0 N–H and O–H groups in total. The predicted octanol–water partition coefficient (Wildman–Crippen LogP) is 2.34. The van der Waals surface area contributed by atoms with Gasteiger partial charge in [0.1, 0.15) is 0 Å². The molecule has 0 atom stereocenters. The Morgan fingerprint density at radius 2 is 2.24 bits per heavy atom. The van der Waals surface area contributed by atoms with E-state index in [2.05, 4.69) is 20.9 Å². The molecular formula is C12H17BrN2O2. The Bertz CT molecular complexity index is 383. The molecule has 1 amide bonds. The maximum absolute atomic E-state index is 12.3. The number of nitrogens with zero attached hydrogens (tertiary/aromatic N) is 2. The van der Waals surface area contributed by atoms with Crippen molar-refractivity contribution < 1.29 is 9.53 Å². The third-order valence-corrected chi connectivity index (χ3v) is 2.81. The highest BCUT2D eigenvalue weighted by molar-refractivity contribution is 9.10. The first kappa shape index (κ1) is 14.1. The molecule has 0 spiro atoms. The molecule has 0 fully saturated rings. The lowest BCUT2D eigenvalue weighted by Crippen LogP contribution is -2.39. The van der Waals surface area contributed by atoms with Gasteiger partial charge in [-0.25, -0.2) is 0 Å². The summed E-state index contributed by atoms with van der Waals surface area (Å²) in [5, 5.41) is 0. The monoisotopic (exact) mass is 300 g/mol. The molecule has 0 radical (unpaired) electrons. The fraction of sp³-hybridized carbons (Fsp3) is 0.500. The number of amides is 1. The van der Waals surface area contributed by atoms with Crippen LogP contribution in [0, 0.1) is 0 Å². The van der Waals surface area contributed by atoms with Crippen molar-refractivity contribution in [3.63, 3.8) is 0 Å². The molecule has 1 aromatic rings. The highest BCUT2D eigenvalue weighted by Gasteiger charge is 2.18. The third kappa shape index (κ3) is 4.09. The number of rotatable bonds is 5. The lowest BCUT2D eigenvalue weighted by atomic mass is 10.2. The van der Waals surface area contributed by atoms with Gasteiger partial charge in [-0.15, -0.1) is 0 Å². The summed E-state index contributed by atoms with van der Waals surface area (Å²) in [6.07, 6.45) is 3.24. The Balaban J connectivity index is 2.84. The van der Waals surface area contributed by atoms with Gasteiger partial charge in [0.25, 0.3) is 5.91 Å². The molecular weight excluding hydrogens is 284 g/mol. The van der Waals surface area contributed by atoms with Crippen LogP contribution in [-0.4, -0.2) is 42.1 Å². The minimum atomic E-state index is -0.0224. The van der Waals surface area contributed by atoms with E-state index in [9.17, 15) is 4.79 Å². The lowest BCUT2D eigenvalue weighted by Gasteiger charge is -2.26. The van der Waals surface area contributed by atoms with Crippen LogP contribution in [0.2, 0.25) is 0 Å². The van der Waals surface area contributed by atoms with Gasteiger partial charge in [-0.2, -0.15) is 0 Å². The van der Waals surface area contributed by atoms with Gasteiger partial charge in [0.15, 0.2) is 0 Å². The summed E-state index contributed by atoms with van der Waals surface area (Å²) in [7, 11) is 1.63.